The van der Waals surface area contributed by atoms with E-state index >= 15 is 0 Å². The van der Waals surface area contributed by atoms with E-state index in [4.69, 9.17) is 16.6 Å². The average molecular weight is 297 g/mol. The van der Waals surface area contributed by atoms with Crippen molar-refractivity contribution in [3.63, 3.8) is 0 Å². The molecule has 0 spiro atoms. The number of unbranched alkanes of at least 4 members (excludes halogenated alkanes) is 1. The van der Waals surface area contributed by atoms with Gasteiger partial charge in [0.25, 0.3) is 0 Å². The van der Waals surface area contributed by atoms with Crippen LogP contribution in [0.1, 0.15) is 69.9 Å². The van der Waals surface area contributed by atoms with Crippen molar-refractivity contribution in [3.8, 4) is 0 Å². The fraction of sp³-hybridized carbons (Fsp3) is 0.733. The molecule has 0 radical (unpaired) electrons. The number of aryl methyl sites for hydroxylation is 2. The lowest BCUT2D eigenvalue weighted by molar-refractivity contribution is 0.468. The smallest absolute Gasteiger partial charge is 0.159 e. The van der Waals surface area contributed by atoms with Crippen molar-refractivity contribution in [1.82, 2.24) is 19.3 Å². The summed E-state index contributed by atoms with van der Waals surface area (Å²) in [6, 6.07) is 0.401. The Morgan fingerprint density at radius 3 is 2.50 bits per heavy atom. The van der Waals surface area contributed by atoms with Crippen molar-refractivity contribution >= 4 is 22.8 Å². The Morgan fingerprint density at radius 1 is 1.25 bits per heavy atom. The Bertz CT molecular complexity index is 582. The molecule has 0 aliphatic heterocycles. The van der Waals surface area contributed by atoms with E-state index in [2.05, 4.69) is 30.4 Å². The van der Waals surface area contributed by atoms with Crippen LogP contribution in [0.2, 0.25) is 0 Å². The lowest BCUT2D eigenvalue weighted by Crippen LogP contribution is -2.13. The lowest BCUT2D eigenvalue weighted by Gasteiger charge is -2.19. The Labute approximate surface area is 126 Å². The lowest BCUT2D eigenvalue weighted by atomic mass is 10.1. The standard InChI is InChI=1S/C15H25ClN4/c1-6-8-9-10(3)20-14(11(4)16)17-13-12(5)18-19(7-2)15(13)20/h10-11H,6-9H2,1-5H3. The number of hydrogen-bond donors (Lipinski definition) is 0. The quantitative estimate of drug-likeness (QED) is 0.730. The van der Waals surface area contributed by atoms with Crippen molar-refractivity contribution in [3.05, 3.63) is 11.5 Å². The molecule has 0 saturated carbocycles. The first-order chi connectivity index (χ1) is 9.51. The summed E-state index contributed by atoms with van der Waals surface area (Å²) in [6.45, 7) is 11.5. The Morgan fingerprint density at radius 2 is 1.95 bits per heavy atom. The minimum atomic E-state index is -0.0869. The molecule has 0 N–H and O–H groups in total. The number of rotatable bonds is 6. The summed E-state index contributed by atoms with van der Waals surface area (Å²) in [5.41, 5.74) is 3.11. The zero-order valence-corrected chi connectivity index (χ0v) is 13.9. The molecule has 2 heterocycles. The van der Waals surface area contributed by atoms with Crippen LogP contribution in [-0.4, -0.2) is 19.3 Å². The van der Waals surface area contributed by atoms with Gasteiger partial charge in [-0.05, 0) is 34.1 Å². The van der Waals surface area contributed by atoms with Gasteiger partial charge in [-0.3, -0.25) is 0 Å². The predicted molar refractivity (Wildman–Crippen MR) is 84.4 cm³/mol. The van der Waals surface area contributed by atoms with Crippen LogP contribution < -0.4 is 0 Å². The maximum absolute atomic E-state index is 6.35. The Kier molecular flexibility index (Phi) is 4.74. The van der Waals surface area contributed by atoms with E-state index in [9.17, 15) is 0 Å². The number of alkyl halides is 1. The largest absolute Gasteiger partial charge is 0.309 e. The van der Waals surface area contributed by atoms with Crippen LogP contribution in [0.4, 0.5) is 0 Å². The predicted octanol–water partition coefficient (Wildman–Crippen LogP) is 4.61. The highest BCUT2D eigenvalue weighted by atomic mass is 35.5. The number of imidazole rings is 1. The van der Waals surface area contributed by atoms with Gasteiger partial charge in [0.15, 0.2) is 5.65 Å². The van der Waals surface area contributed by atoms with E-state index in [0.717, 1.165) is 35.6 Å². The van der Waals surface area contributed by atoms with E-state index < -0.39 is 0 Å². The van der Waals surface area contributed by atoms with Crippen molar-refractivity contribution in [2.45, 2.75) is 71.8 Å². The van der Waals surface area contributed by atoms with Crippen LogP contribution in [0, 0.1) is 6.92 Å². The van der Waals surface area contributed by atoms with E-state index in [1.165, 1.54) is 12.8 Å². The molecule has 112 valence electrons. The van der Waals surface area contributed by atoms with E-state index in [1.807, 2.05) is 18.5 Å². The van der Waals surface area contributed by atoms with Gasteiger partial charge in [0, 0.05) is 12.6 Å². The molecule has 0 aromatic carbocycles. The second kappa shape index (κ2) is 6.17. The third-order valence-electron chi connectivity index (χ3n) is 3.84. The van der Waals surface area contributed by atoms with Gasteiger partial charge in [0.05, 0.1) is 11.1 Å². The summed E-state index contributed by atoms with van der Waals surface area (Å²) in [6.07, 6.45) is 3.57. The summed E-state index contributed by atoms with van der Waals surface area (Å²) in [5, 5.41) is 4.50. The molecule has 2 unspecified atom stereocenters. The normalized spacial score (nSPS) is 14.9. The van der Waals surface area contributed by atoms with Crippen molar-refractivity contribution in [2.24, 2.45) is 0 Å². The number of halogens is 1. The number of fused-ring (bicyclic) bond motifs is 1. The van der Waals surface area contributed by atoms with E-state index in [0.29, 0.717) is 6.04 Å². The molecule has 0 saturated heterocycles. The summed E-state index contributed by atoms with van der Waals surface area (Å²) in [5.74, 6) is 0.966. The van der Waals surface area contributed by atoms with Crippen molar-refractivity contribution in [1.29, 1.82) is 0 Å². The van der Waals surface area contributed by atoms with Crippen LogP contribution in [-0.2, 0) is 6.54 Å². The SMILES string of the molecule is CCCCC(C)n1c(C(C)Cl)nc2c(C)nn(CC)c21. The Hall–Kier alpha value is -1.03. The second-order valence-electron chi connectivity index (χ2n) is 5.52. The van der Waals surface area contributed by atoms with Crippen LogP contribution in [0.3, 0.4) is 0 Å². The minimum absolute atomic E-state index is 0.0869. The van der Waals surface area contributed by atoms with Gasteiger partial charge in [0.1, 0.15) is 11.3 Å². The summed E-state index contributed by atoms with van der Waals surface area (Å²) < 4.78 is 4.34. The molecule has 0 fully saturated rings. The molecule has 0 bridgehead atoms. The third-order valence-corrected chi connectivity index (χ3v) is 4.04. The molecule has 0 aliphatic carbocycles. The molecule has 0 amide bonds. The molecular formula is C15H25ClN4. The molecule has 4 nitrogen and oxygen atoms in total. The maximum Gasteiger partial charge on any atom is 0.159 e. The molecule has 2 aromatic rings. The molecule has 5 heteroatoms. The molecule has 20 heavy (non-hydrogen) atoms. The number of aromatic nitrogens is 4. The number of nitrogens with zero attached hydrogens (tertiary/aromatic N) is 4. The first-order valence-corrected chi connectivity index (χ1v) is 8.04. The minimum Gasteiger partial charge on any atom is -0.309 e. The van der Waals surface area contributed by atoms with Gasteiger partial charge in [-0.1, -0.05) is 19.8 Å². The van der Waals surface area contributed by atoms with Gasteiger partial charge >= 0.3 is 0 Å². The fourth-order valence-corrected chi connectivity index (χ4v) is 2.92. The van der Waals surface area contributed by atoms with Crippen LogP contribution in [0.25, 0.3) is 11.2 Å². The monoisotopic (exact) mass is 296 g/mol. The second-order valence-corrected chi connectivity index (χ2v) is 6.18. The fourth-order valence-electron chi connectivity index (χ4n) is 2.77. The Balaban J connectivity index is 2.60. The maximum atomic E-state index is 6.35. The van der Waals surface area contributed by atoms with E-state index in [-0.39, 0.29) is 5.38 Å². The van der Waals surface area contributed by atoms with Crippen LogP contribution in [0.5, 0.6) is 0 Å². The highest BCUT2D eigenvalue weighted by molar-refractivity contribution is 6.20. The summed E-state index contributed by atoms with van der Waals surface area (Å²) >= 11 is 6.35. The van der Waals surface area contributed by atoms with Gasteiger partial charge < -0.3 is 4.57 Å². The average Bonchev–Trinajstić information content (AvgIpc) is 2.94. The first kappa shape index (κ1) is 15.4. The molecule has 0 aliphatic rings. The van der Waals surface area contributed by atoms with E-state index in [1.54, 1.807) is 0 Å². The zero-order valence-electron chi connectivity index (χ0n) is 13.1. The molecule has 2 atom stereocenters. The van der Waals surface area contributed by atoms with Crippen molar-refractivity contribution < 1.29 is 0 Å². The first-order valence-electron chi connectivity index (χ1n) is 7.60. The van der Waals surface area contributed by atoms with Gasteiger partial charge in [0.2, 0.25) is 0 Å². The molecular weight excluding hydrogens is 272 g/mol. The summed E-state index contributed by atoms with van der Waals surface area (Å²) in [4.78, 5) is 4.76. The number of hydrogen-bond acceptors (Lipinski definition) is 2. The molecule has 2 aromatic heterocycles. The third kappa shape index (κ3) is 2.58. The molecule has 2 rings (SSSR count). The summed E-state index contributed by atoms with van der Waals surface area (Å²) in [7, 11) is 0. The zero-order chi connectivity index (χ0) is 14.9. The topological polar surface area (TPSA) is 35.6 Å². The highest BCUT2D eigenvalue weighted by Gasteiger charge is 2.23. The van der Waals surface area contributed by atoms with Crippen LogP contribution >= 0.6 is 11.6 Å². The highest BCUT2D eigenvalue weighted by Crippen LogP contribution is 2.31. The van der Waals surface area contributed by atoms with Gasteiger partial charge in [-0.2, -0.15) is 5.10 Å². The van der Waals surface area contributed by atoms with Crippen molar-refractivity contribution in [2.75, 3.05) is 0 Å². The van der Waals surface area contributed by atoms with Gasteiger partial charge in [-0.15, -0.1) is 11.6 Å². The van der Waals surface area contributed by atoms with Crippen LogP contribution in [0.15, 0.2) is 0 Å². The van der Waals surface area contributed by atoms with Gasteiger partial charge in [-0.25, -0.2) is 9.67 Å².